The van der Waals surface area contributed by atoms with E-state index in [9.17, 15) is 14.7 Å². The van der Waals surface area contributed by atoms with Gasteiger partial charge in [0, 0.05) is 28.3 Å². The van der Waals surface area contributed by atoms with Crippen molar-refractivity contribution in [2.24, 2.45) is 0 Å². The second kappa shape index (κ2) is 9.40. The molecule has 0 aliphatic carbocycles. The van der Waals surface area contributed by atoms with Crippen LogP contribution in [0.5, 0.6) is 0 Å². The largest absolute Gasteiger partial charge is 0.478 e. The molecule has 1 aromatic carbocycles. The quantitative estimate of drug-likeness (QED) is 0.336. The molecule has 0 saturated heterocycles. The first-order valence-corrected chi connectivity index (χ1v) is 9.96. The Morgan fingerprint density at radius 1 is 1.23 bits per heavy atom. The molecule has 2 N–H and O–H groups in total. The van der Waals surface area contributed by atoms with Crippen LogP contribution >= 0.6 is 67.8 Å². The third-order valence-corrected chi connectivity index (χ3v) is 5.78. The highest BCUT2D eigenvalue weighted by atomic mass is 127. The van der Waals surface area contributed by atoms with Crippen molar-refractivity contribution in [2.75, 3.05) is 5.32 Å². The molecule has 0 saturated carbocycles. The molecular weight excluding hydrogens is 623 g/mol. The fraction of sp³-hybridized carbons (Fsp3) is 0.333. The topological polar surface area (TPSA) is 66.4 Å². The van der Waals surface area contributed by atoms with Gasteiger partial charge in [0.25, 0.3) is 0 Å². The van der Waals surface area contributed by atoms with Crippen LogP contribution in [0.25, 0.3) is 6.08 Å². The zero-order chi connectivity index (χ0) is 16.9. The highest BCUT2D eigenvalue weighted by molar-refractivity contribution is 14.1. The third-order valence-electron chi connectivity index (χ3n) is 2.92. The summed E-state index contributed by atoms with van der Waals surface area (Å²) in [6, 6.07) is 1.95. The van der Waals surface area contributed by atoms with Crippen molar-refractivity contribution in [1.82, 2.24) is 0 Å². The smallest absolute Gasteiger partial charge is 0.331 e. The number of hydrogen-bond acceptors (Lipinski definition) is 2. The normalized spacial score (nSPS) is 11.4. The van der Waals surface area contributed by atoms with Crippen LogP contribution in [0, 0.1) is 10.7 Å². The molecule has 7 heteroatoms. The van der Waals surface area contributed by atoms with Crippen LogP contribution in [-0.4, -0.2) is 17.0 Å². The maximum atomic E-state index is 11.9. The molecule has 0 spiro atoms. The molecule has 1 aromatic rings. The van der Waals surface area contributed by atoms with Gasteiger partial charge in [-0.3, -0.25) is 4.79 Å². The van der Waals surface area contributed by atoms with E-state index in [4.69, 9.17) is 0 Å². The van der Waals surface area contributed by atoms with E-state index >= 15 is 0 Å². The standard InChI is InChI=1S/C15H16I3NO3/c1-3-5-12(20)19-14-11(17)7-10(16)9(13(14)18)6-8(4-2)15(21)22/h6-7H,3-5H2,1-2H3,(H,19,20)(H,21,22)/b8-6+. The number of rotatable bonds is 6. The lowest BCUT2D eigenvalue weighted by atomic mass is 10.1. The molecule has 22 heavy (non-hydrogen) atoms. The minimum Gasteiger partial charge on any atom is -0.478 e. The number of carboxylic acid groups (broad SMARTS) is 1. The van der Waals surface area contributed by atoms with Crippen molar-refractivity contribution < 1.29 is 14.7 Å². The molecule has 1 rings (SSSR count). The Kier molecular flexibility index (Phi) is 8.60. The maximum Gasteiger partial charge on any atom is 0.331 e. The van der Waals surface area contributed by atoms with Gasteiger partial charge in [0.05, 0.1) is 5.69 Å². The van der Waals surface area contributed by atoms with Crippen molar-refractivity contribution in [1.29, 1.82) is 0 Å². The lowest BCUT2D eigenvalue weighted by Crippen LogP contribution is -2.14. The maximum absolute atomic E-state index is 11.9. The highest BCUT2D eigenvalue weighted by Gasteiger charge is 2.16. The SMILES string of the molecule is CCCC(=O)Nc1c(I)cc(I)c(/C=C(\CC)C(=O)O)c1I. The third kappa shape index (κ3) is 5.32. The summed E-state index contributed by atoms with van der Waals surface area (Å²) in [5, 5.41) is 12.1. The lowest BCUT2D eigenvalue weighted by Gasteiger charge is -2.14. The first kappa shape index (κ1) is 20.1. The Labute approximate surface area is 170 Å². The second-order valence-electron chi connectivity index (χ2n) is 4.57. The number of benzene rings is 1. The predicted molar refractivity (Wildman–Crippen MR) is 114 cm³/mol. The zero-order valence-corrected chi connectivity index (χ0v) is 18.6. The van der Waals surface area contributed by atoms with Crippen molar-refractivity contribution in [3.8, 4) is 0 Å². The number of amides is 1. The van der Waals surface area contributed by atoms with E-state index in [0.29, 0.717) is 18.4 Å². The molecule has 120 valence electrons. The summed E-state index contributed by atoms with van der Waals surface area (Å²) in [6.07, 6.45) is 3.40. The number of anilines is 1. The number of carboxylic acids is 1. The Morgan fingerprint density at radius 3 is 2.36 bits per heavy atom. The van der Waals surface area contributed by atoms with Crippen LogP contribution in [0.3, 0.4) is 0 Å². The molecule has 0 aromatic heterocycles. The molecule has 0 heterocycles. The Balaban J connectivity index is 3.36. The summed E-state index contributed by atoms with van der Waals surface area (Å²) in [6.45, 7) is 3.77. The molecule has 0 fully saturated rings. The van der Waals surface area contributed by atoms with Gasteiger partial charge in [-0.05, 0) is 92.8 Å². The fourth-order valence-corrected chi connectivity index (χ4v) is 5.72. The number of nitrogens with one attached hydrogen (secondary N) is 1. The Morgan fingerprint density at radius 2 is 1.86 bits per heavy atom. The predicted octanol–water partition coefficient (Wildman–Crippen LogP) is 5.12. The molecule has 0 atom stereocenters. The van der Waals surface area contributed by atoms with Crippen LogP contribution in [0.1, 0.15) is 38.7 Å². The summed E-state index contributed by atoms with van der Waals surface area (Å²) in [5.41, 5.74) is 1.95. The highest BCUT2D eigenvalue weighted by Crippen LogP contribution is 2.33. The van der Waals surface area contributed by atoms with Crippen LogP contribution in [0.2, 0.25) is 0 Å². The molecule has 4 nitrogen and oxygen atoms in total. The Bertz CT molecular complexity index is 627. The molecule has 0 bridgehead atoms. The number of halogens is 3. The van der Waals surface area contributed by atoms with Crippen LogP contribution in [0.4, 0.5) is 5.69 Å². The van der Waals surface area contributed by atoms with Crippen molar-refractivity contribution >= 4 is 91.4 Å². The van der Waals surface area contributed by atoms with Gasteiger partial charge in [-0.1, -0.05) is 13.8 Å². The van der Waals surface area contributed by atoms with Gasteiger partial charge >= 0.3 is 5.97 Å². The van der Waals surface area contributed by atoms with Crippen molar-refractivity contribution in [3.05, 3.63) is 27.9 Å². The number of carbonyl (C=O) groups excluding carboxylic acids is 1. The van der Waals surface area contributed by atoms with E-state index < -0.39 is 5.97 Å². The summed E-state index contributed by atoms with van der Waals surface area (Å²) in [7, 11) is 0. The molecule has 0 unspecified atom stereocenters. The summed E-state index contributed by atoms with van der Waals surface area (Å²) in [5.74, 6) is -0.937. The van der Waals surface area contributed by atoms with Gasteiger partial charge < -0.3 is 10.4 Å². The van der Waals surface area contributed by atoms with Crippen molar-refractivity contribution in [2.45, 2.75) is 33.1 Å². The second-order valence-corrected chi connectivity index (χ2v) is 7.97. The van der Waals surface area contributed by atoms with E-state index in [-0.39, 0.29) is 5.91 Å². The van der Waals surface area contributed by atoms with Crippen LogP contribution < -0.4 is 5.32 Å². The summed E-state index contributed by atoms with van der Waals surface area (Å²) in [4.78, 5) is 23.1. The van der Waals surface area contributed by atoms with Crippen molar-refractivity contribution in [3.63, 3.8) is 0 Å². The molecule has 0 aliphatic rings. The van der Waals surface area contributed by atoms with Crippen LogP contribution in [0.15, 0.2) is 11.6 Å². The number of hydrogen-bond donors (Lipinski definition) is 2. The summed E-state index contributed by atoms with van der Waals surface area (Å²) >= 11 is 6.54. The molecular formula is C15H16I3NO3. The van der Waals surface area contributed by atoms with Gasteiger partial charge in [-0.15, -0.1) is 0 Å². The first-order chi connectivity index (χ1) is 10.3. The molecule has 1 amide bonds. The Hall–Kier alpha value is 0.0900. The average Bonchev–Trinajstić information content (AvgIpc) is 2.43. The van der Waals surface area contributed by atoms with Crippen LogP contribution in [-0.2, 0) is 9.59 Å². The number of carbonyl (C=O) groups is 2. The summed E-state index contributed by atoms with van der Waals surface area (Å²) < 4.78 is 2.78. The van der Waals surface area contributed by atoms with Gasteiger partial charge in [-0.2, -0.15) is 0 Å². The number of aliphatic carboxylic acids is 1. The minimum atomic E-state index is -0.913. The van der Waals surface area contributed by atoms with Gasteiger partial charge in [-0.25, -0.2) is 4.79 Å². The van der Waals surface area contributed by atoms with Gasteiger partial charge in [0.15, 0.2) is 0 Å². The molecule has 0 radical (unpaired) electrons. The van der Waals surface area contributed by atoms with E-state index in [1.165, 1.54) is 0 Å². The zero-order valence-electron chi connectivity index (χ0n) is 12.2. The van der Waals surface area contributed by atoms with Gasteiger partial charge in [0.1, 0.15) is 0 Å². The van der Waals surface area contributed by atoms with E-state index in [2.05, 4.69) is 73.1 Å². The lowest BCUT2D eigenvalue weighted by molar-refractivity contribution is -0.132. The first-order valence-electron chi connectivity index (χ1n) is 6.72. The van der Waals surface area contributed by atoms with E-state index in [1.54, 1.807) is 6.08 Å². The van der Waals surface area contributed by atoms with E-state index in [1.807, 2.05) is 19.9 Å². The van der Waals surface area contributed by atoms with Gasteiger partial charge in [0.2, 0.25) is 5.91 Å². The fourth-order valence-electron chi connectivity index (χ4n) is 1.77. The molecule has 0 aliphatic heterocycles. The monoisotopic (exact) mass is 639 g/mol. The van der Waals surface area contributed by atoms with E-state index in [0.717, 1.165) is 28.4 Å². The average molecular weight is 639 g/mol. The minimum absolute atomic E-state index is 0.0246.